The van der Waals surface area contributed by atoms with Gasteiger partial charge in [-0.25, -0.2) is 19.6 Å². The molecule has 0 spiro atoms. The van der Waals surface area contributed by atoms with Gasteiger partial charge in [0, 0.05) is 47.0 Å². The van der Waals surface area contributed by atoms with Gasteiger partial charge >= 0.3 is 12.2 Å². The van der Waals surface area contributed by atoms with E-state index in [2.05, 4.69) is 66.8 Å². The molecule has 48 heavy (non-hydrogen) atoms. The molecule has 10 nitrogen and oxygen atoms in total. The lowest BCUT2D eigenvalue weighted by Gasteiger charge is -2.33. The van der Waals surface area contributed by atoms with Crippen LogP contribution in [0, 0.1) is 0 Å². The largest absolute Gasteiger partial charge is 0.444 e. The van der Waals surface area contributed by atoms with E-state index in [9.17, 15) is 9.59 Å². The minimum absolute atomic E-state index is 0. The van der Waals surface area contributed by atoms with Crippen LogP contribution in [0.3, 0.4) is 0 Å². The van der Waals surface area contributed by atoms with Crippen molar-refractivity contribution >= 4 is 61.7 Å². The molecule has 12 heteroatoms. The Morgan fingerprint density at radius 3 is 1.67 bits per heavy atom. The summed E-state index contributed by atoms with van der Waals surface area (Å²) in [6.07, 6.45) is 15.1. The SMILES string of the molecule is Brc1ccn2cncc2c1.C.C.CC(C)(C)OC(=O)N1CCC(I)CC1.CC(C)(C)OC(=O)N1CCC(c2ccn3cncc3c2)CC1. The van der Waals surface area contributed by atoms with Crippen LogP contribution in [-0.4, -0.2) is 82.1 Å². The van der Waals surface area contributed by atoms with Gasteiger partial charge in [-0.2, -0.15) is 0 Å². The van der Waals surface area contributed by atoms with E-state index in [0.717, 1.165) is 67.4 Å². The van der Waals surface area contributed by atoms with Gasteiger partial charge in [-0.05, 0) is 103 Å². The van der Waals surface area contributed by atoms with E-state index in [4.69, 9.17) is 9.47 Å². The molecule has 0 saturated carbocycles. The predicted molar refractivity (Wildman–Crippen MR) is 206 cm³/mol. The Morgan fingerprint density at radius 1 is 0.750 bits per heavy atom. The van der Waals surface area contributed by atoms with Crippen LogP contribution in [0.15, 0.2) is 66.2 Å². The maximum absolute atomic E-state index is 12.1. The number of piperidine rings is 2. The normalized spacial score (nSPS) is 15.7. The molecule has 2 aliphatic rings. The van der Waals surface area contributed by atoms with E-state index < -0.39 is 5.60 Å². The highest BCUT2D eigenvalue weighted by Gasteiger charge is 2.28. The van der Waals surface area contributed by atoms with Gasteiger partial charge in [0.15, 0.2) is 0 Å². The summed E-state index contributed by atoms with van der Waals surface area (Å²) in [5.74, 6) is 0.499. The van der Waals surface area contributed by atoms with Crippen molar-refractivity contribution in [3.63, 3.8) is 0 Å². The third kappa shape index (κ3) is 12.9. The lowest BCUT2D eigenvalue weighted by molar-refractivity contribution is 0.0200. The van der Waals surface area contributed by atoms with Gasteiger partial charge in [-0.15, -0.1) is 0 Å². The van der Waals surface area contributed by atoms with Crippen molar-refractivity contribution in [2.24, 2.45) is 0 Å². The van der Waals surface area contributed by atoms with Gasteiger partial charge in [0.25, 0.3) is 0 Å². The number of hydrogen-bond acceptors (Lipinski definition) is 6. The van der Waals surface area contributed by atoms with Crippen LogP contribution in [0.5, 0.6) is 0 Å². The molecule has 6 rings (SSSR count). The van der Waals surface area contributed by atoms with Crippen LogP contribution in [0.4, 0.5) is 9.59 Å². The summed E-state index contributed by atoms with van der Waals surface area (Å²) in [5.41, 5.74) is 2.75. The number of ether oxygens (including phenoxy) is 2. The molecule has 4 aromatic heterocycles. The molecule has 2 aliphatic heterocycles. The fourth-order valence-electron chi connectivity index (χ4n) is 5.16. The number of carbonyl (C=O) groups excluding carboxylic acids is 2. The first kappa shape index (κ1) is 41.3. The molecule has 0 aliphatic carbocycles. The lowest BCUT2D eigenvalue weighted by atomic mass is 9.90. The number of fused-ring (bicyclic) bond motifs is 2. The minimum Gasteiger partial charge on any atom is -0.444 e. The second-order valence-electron chi connectivity index (χ2n) is 13.6. The molecular weight excluding hydrogens is 787 g/mol. The van der Waals surface area contributed by atoms with E-state index in [1.165, 1.54) is 5.56 Å². The molecule has 0 bridgehead atoms. The Morgan fingerprint density at radius 2 is 1.19 bits per heavy atom. The number of likely N-dealkylation sites (tertiary alicyclic amines) is 2. The third-order valence-corrected chi connectivity index (χ3v) is 9.25. The number of hydrogen-bond donors (Lipinski definition) is 0. The highest BCUT2D eigenvalue weighted by Crippen LogP contribution is 2.29. The summed E-state index contributed by atoms with van der Waals surface area (Å²) < 4.78 is 16.5. The Balaban J connectivity index is 0.000000265. The highest BCUT2D eigenvalue weighted by atomic mass is 127. The second-order valence-corrected chi connectivity index (χ2v) is 16.3. The van der Waals surface area contributed by atoms with Crippen molar-refractivity contribution < 1.29 is 19.1 Å². The quantitative estimate of drug-likeness (QED) is 0.140. The Hall–Kier alpha value is -2.87. The number of imidazole rings is 2. The van der Waals surface area contributed by atoms with Crippen molar-refractivity contribution in [1.29, 1.82) is 0 Å². The maximum Gasteiger partial charge on any atom is 0.410 e. The van der Waals surface area contributed by atoms with E-state index >= 15 is 0 Å². The fourth-order valence-corrected chi connectivity index (χ4v) is 6.07. The molecule has 0 unspecified atom stereocenters. The van der Waals surface area contributed by atoms with E-state index in [1.807, 2.05) is 92.3 Å². The van der Waals surface area contributed by atoms with Crippen molar-refractivity contribution in [1.82, 2.24) is 28.6 Å². The molecule has 6 heterocycles. The summed E-state index contributed by atoms with van der Waals surface area (Å²) in [4.78, 5) is 35.5. The van der Waals surface area contributed by atoms with Crippen LogP contribution in [-0.2, 0) is 9.47 Å². The van der Waals surface area contributed by atoms with Crippen LogP contribution < -0.4 is 0 Å². The molecule has 0 atom stereocenters. The summed E-state index contributed by atoms with van der Waals surface area (Å²) in [6, 6.07) is 8.35. The number of halogens is 2. The monoisotopic (exact) mass is 840 g/mol. The summed E-state index contributed by atoms with van der Waals surface area (Å²) in [6.45, 7) is 14.6. The van der Waals surface area contributed by atoms with Gasteiger partial charge in [-0.1, -0.05) is 53.4 Å². The molecule has 0 radical (unpaired) electrons. The average molecular weight is 842 g/mol. The fraction of sp³-hybridized carbons (Fsp3) is 0.556. The van der Waals surface area contributed by atoms with Gasteiger partial charge in [0.05, 0.1) is 36.1 Å². The van der Waals surface area contributed by atoms with Gasteiger partial charge in [0.1, 0.15) is 11.2 Å². The van der Waals surface area contributed by atoms with Crippen molar-refractivity contribution in [2.45, 2.75) is 103 Å². The van der Waals surface area contributed by atoms with Crippen LogP contribution in [0.2, 0.25) is 0 Å². The second kappa shape index (κ2) is 18.2. The first-order valence-electron chi connectivity index (χ1n) is 15.8. The number of carbonyl (C=O) groups is 2. The first-order chi connectivity index (χ1) is 21.7. The Kier molecular flexibility index (Phi) is 15.7. The number of alkyl halides is 1. The molecule has 0 aromatic carbocycles. The number of nitrogens with zero attached hydrogens (tertiary/aromatic N) is 6. The third-order valence-electron chi connectivity index (χ3n) is 7.51. The Labute approximate surface area is 308 Å². The summed E-state index contributed by atoms with van der Waals surface area (Å²) in [5, 5.41) is 0. The lowest BCUT2D eigenvalue weighted by Crippen LogP contribution is -2.41. The number of amides is 2. The molecule has 0 N–H and O–H groups in total. The predicted octanol–water partition coefficient (Wildman–Crippen LogP) is 9.64. The number of aromatic nitrogens is 4. The molecule has 4 aromatic rings. The average Bonchev–Trinajstić information content (AvgIpc) is 3.65. The number of pyridine rings is 2. The molecule has 2 saturated heterocycles. The summed E-state index contributed by atoms with van der Waals surface area (Å²) >= 11 is 5.82. The standard InChI is InChI=1S/C17H23N3O2.C10H18INO2.C7H5BrN2.2CH4/c1-17(2,3)22-16(21)19-7-4-13(5-8-19)14-6-9-20-12-18-11-15(20)10-14;1-10(2,3)14-9(13)12-6-4-8(11)5-7-12;8-6-1-2-10-5-9-4-7(10)3-6;;/h6,9-13H,4-5,7-8H2,1-3H3;8H,4-7H2,1-3H3;1-5H;2*1H4. The van der Waals surface area contributed by atoms with E-state index in [-0.39, 0.29) is 32.6 Å². The van der Waals surface area contributed by atoms with Crippen LogP contribution >= 0.6 is 38.5 Å². The minimum atomic E-state index is -0.430. The molecular formula is C36H54BrIN6O4. The summed E-state index contributed by atoms with van der Waals surface area (Å²) in [7, 11) is 0. The zero-order chi connectivity index (χ0) is 33.5. The van der Waals surface area contributed by atoms with Crippen LogP contribution in [0.1, 0.15) is 93.6 Å². The van der Waals surface area contributed by atoms with E-state index in [1.54, 1.807) is 11.2 Å². The zero-order valence-electron chi connectivity index (χ0n) is 27.7. The zero-order valence-corrected chi connectivity index (χ0v) is 31.4. The number of rotatable bonds is 1. The highest BCUT2D eigenvalue weighted by molar-refractivity contribution is 14.1. The first-order valence-corrected chi connectivity index (χ1v) is 17.8. The van der Waals surface area contributed by atoms with Crippen molar-refractivity contribution in [2.75, 3.05) is 26.2 Å². The molecule has 2 fully saturated rings. The van der Waals surface area contributed by atoms with Gasteiger partial charge in [0.2, 0.25) is 0 Å². The van der Waals surface area contributed by atoms with E-state index in [0.29, 0.717) is 9.84 Å². The maximum atomic E-state index is 12.1. The Bertz CT molecular complexity index is 1580. The van der Waals surface area contributed by atoms with Gasteiger partial charge < -0.3 is 28.1 Å². The van der Waals surface area contributed by atoms with Gasteiger partial charge in [-0.3, -0.25) is 0 Å². The van der Waals surface area contributed by atoms with Crippen LogP contribution in [0.25, 0.3) is 11.0 Å². The molecule has 266 valence electrons. The van der Waals surface area contributed by atoms with Crippen molar-refractivity contribution in [3.8, 4) is 0 Å². The topological polar surface area (TPSA) is 93.7 Å². The van der Waals surface area contributed by atoms with Crippen molar-refractivity contribution in [3.05, 3.63) is 71.7 Å². The smallest absolute Gasteiger partial charge is 0.410 e. The molecule has 2 amide bonds.